The first kappa shape index (κ1) is 54.5. The molecule has 0 aliphatic carbocycles. The molecule has 1 aromatic heterocycles. The lowest BCUT2D eigenvalue weighted by Gasteiger charge is -2.30. The highest BCUT2D eigenvalue weighted by Gasteiger charge is 2.40. The van der Waals surface area contributed by atoms with Gasteiger partial charge in [0, 0.05) is 37.8 Å². The summed E-state index contributed by atoms with van der Waals surface area (Å²) in [5, 5.41) is 38.1. The van der Waals surface area contributed by atoms with Crippen LogP contribution in [0.4, 0.5) is 0 Å². The molecule has 24 nitrogen and oxygen atoms in total. The molecule has 24 heteroatoms. The quantitative estimate of drug-likeness (QED) is 0.0229. The van der Waals surface area contributed by atoms with Crippen molar-refractivity contribution in [2.75, 3.05) is 33.2 Å². The Bertz CT molecular complexity index is 1990. The fourth-order valence-corrected chi connectivity index (χ4v) is 7.30. The number of guanidine groups is 1. The standard InChI is InChI=1S/C43H68N14O10/c1-24(2)35(56-37(61)29(52-34(59)22-47-4)10-7-17-49-43(45)46)40(64)54-31(19-26-12-14-28(58)15-13-26)38(62)53-30(9-5-6-16-44)36(60)55-32(20-27-21-48-23-50-27)41(65)57-18-8-11-33(57)39(63)51-25(3)42(66)67/h12-15,21,23-25,29-33,35,47,58H,5-11,16-20,22,44H2,1-4H3,(H,48,50)(H,51,63)(H,52,59)(H,53,62)(H,54,64)(H,55,60)(H,56,61)(H,66,67)(H4,45,46,49)/t25-,29-,30-,31-,32-,33-,35-/m0/s1. The highest BCUT2D eigenvalue weighted by molar-refractivity contribution is 5.98. The topological polar surface area (TPSA) is 384 Å². The van der Waals surface area contributed by atoms with Gasteiger partial charge >= 0.3 is 5.97 Å². The zero-order valence-electron chi connectivity index (χ0n) is 38.5. The summed E-state index contributed by atoms with van der Waals surface area (Å²) in [5.41, 5.74) is 17.6. The number of aromatic hydroxyl groups is 1. The number of carbonyl (C=O) groups excluding carboxylic acids is 7. The van der Waals surface area contributed by atoms with Crippen molar-refractivity contribution in [3.05, 3.63) is 48.0 Å². The van der Waals surface area contributed by atoms with Crippen molar-refractivity contribution in [1.82, 2.24) is 52.1 Å². The van der Waals surface area contributed by atoms with Crippen molar-refractivity contribution in [3.8, 4) is 5.75 Å². The van der Waals surface area contributed by atoms with Gasteiger partial charge < -0.3 is 74.5 Å². The van der Waals surface area contributed by atoms with Gasteiger partial charge in [0.05, 0.1) is 12.9 Å². The number of carbonyl (C=O) groups is 8. The van der Waals surface area contributed by atoms with Gasteiger partial charge in [-0.1, -0.05) is 26.0 Å². The maximum absolute atomic E-state index is 14.4. The molecular weight excluding hydrogens is 873 g/mol. The fraction of sp³-hybridized carbons (Fsp3) is 0.581. The van der Waals surface area contributed by atoms with Gasteiger partial charge in [0.2, 0.25) is 41.4 Å². The van der Waals surface area contributed by atoms with Gasteiger partial charge in [0.25, 0.3) is 0 Å². The van der Waals surface area contributed by atoms with Crippen LogP contribution in [-0.2, 0) is 51.2 Å². The summed E-state index contributed by atoms with van der Waals surface area (Å²) in [4.78, 5) is 120. The Labute approximate surface area is 389 Å². The lowest BCUT2D eigenvalue weighted by Crippen LogP contribution is -2.61. The molecule has 3 rings (SSSR count). The van der Waals surface area contributed by atoms with E-state index >= 15 is 0 Å². The van der Waals surface area contributed by atoms with Crippen LogP contribution in [0.3, 0.4) is 0 Å². The molecular formula is C43H68N14O10. The van der Waals surface area contributed by atoms with Crippen LogP contribution < -0.4 is 54.4 Å². The van der Waals surface area contributed by atoms with E-state index in [1.165, 1.54) is 36.5 Å². The Balaban J connectivity index is 1.92. The van der Waals surface area contributed by atoms with Crippen molar-refractivity contribution >= 4 is 53.3 Å². The molecule has 2 heterocycles. The molecule has 370 valence electrons. The van der Waals surface area contributed by atoms with E-state index in [9.17, 15) is 48.6 Å². The molecule has 1 aliphatic heterocycles. The predicted molar refractivity (Wildman–Crippen MR) is 245 cm³/mol. The molecule has 0 bridgehead atoms. The van der Waals surface area contributed by atoms with Gasteiger partial charge in [-0.15, -0.1) is 0 Å². The van der Waals surface area contributed by atoms with Crippen molar-refractivity contribution in [2.45, 2.75) is 121 Å². The molecule has 7 atom stereocenters. The van der Waals surface area contributed by atoms with E-state index < -0.39 is 95.5 Å². The SMILES string of the molecule is CNCC(=O)N[C@@H](CCCN=C(N)N)C(=O)N[C@H](C(=O)N[C@@H](Cc1ccc(O)cc1)C(=O)N[C@@H](CCCCN)C(=O)N[C@@H](Cc1cnc[nH]1)C(=O)N1CCC[C@H]1C(=O)N[C@@H](C)C(=O)O)C(C)C. The minimum atomic E-state index is -1.36. The number of aliphatic imine (C=N–C) groups is 1. The number of aromatic amines is 1. The summed E-state index contributed by atoms with van der Waals surface area (Å²) in [6.07, 6.45) is 4.71. The van der Waals surface area contributed by atoms with Gasteiger partial charge in [-0.25, -0.2) is 4.98 Å². The third kappa shape index (κ3) is 18.2. The third-order valence-corrected chi connectivity index (χ3v) is 10.9. The van der Waals surface area contributed by atoms with Gasteiger partial charge in [-0.3, -0.25) is 43.3 Å². The normalized spacial score (nSPS) is 16.0. The minimum absolute atomic E-state index is 0.0439. The van der Waals surface area contributed by atoms with Crippen LogP contribution >= 0.6 is 0 Å². The number of aromatic nitrogens is 2. The Morgan fingerprint density at radius 1 is 0.821 bits per heavy atom. The van der Waals surface area contributed by atoms with E-state index in [-0.39, 0.29) is 70.0 Å². The maximum Gasteiger partial charge on any atom is 0.325 e. The van der Waals surface area contributed by atoms with Gasteiger partial charge in [-0.05, 0) is 89.1 Å². The van der Waals surface area contributed by atoms with Crippen molar-refractivity contribution in [3.63, 3.8) is 0 Å². The Morgan fingerprint density at radius 2 is 1.45 bits per heavy atom. The van der Waals surface area contributed by atoms with E-state index in [4.69, 9.17) is 17.2 Å². The first-order valence-corrected chi connectivity index (χ1v) is 22.3. The number of H-pyrrole nitrogens is 1. The number of carboxylic acids is 1. The first-order valence-electron chi connectivity index (χ1n) is 22.3. The maximum atomic E-state index is 14.4. The number of nitrogens with zero attached hydrogens (tertiary/aromatic N) is 3. The van der Waals surface area contributed by atoms with Crippen LogP contribution in [0.1, 0.15) is 77.0 Å². The number of aliphatic carboxylic acids is 1. The summed E-state index contributed by atoms with van der Waals surface area (Å²) < 4.78 is 0. The summed E-state index contributed by atoms with van der Waals surface area (Å²) >= 11 is 0. The van der Waals surface area contributed by atoms with Gasteiger partial charge in [0.15, 0.2) is 5.96 Å². The average molecular weight is 941 g/mol. The number of phenolic OH excluding ortho intramolecular Hbond substituents is 1. The molecule has 1 aromatic carbocycles. The Hall–Kier alpha value is -6.82. The summed E-state index contributed by atoms with van der Waals surface area (Å²) in [6, 6.07) is -2.50. The number of nitrogens with one attached hydrogen (secondary N) is 8. The Kier molecular flexibility index (Phi) is 22.5. The molecule has 1 aliphatic rings. The summed E-state index contributed by atoms with van der Waals surface area (Å²) in [5.74, 6) is -6.68. The smallest absolute Gasteiger partial charge is 0.325 e. The Morgan fingerprint density at radius 3 is 2.06 bits per heavy atom. The number of benzene rings is 1. The fourth-order valence-electron chi connectivity index (χ4n) is 7.30. The lowest BCUT2D eigenvalue weighted by atomic mass is 9.99. The first-order chi connectivity index (χ1) is 31.8. The number of rotatable bonds is 28. The zero-order chi connectivity index (χ0) is 49.6. The number of hydrogen-bond donors (Lipinski definition) is 13. The van der Waals surface area contributed by atoms with E-state index in [1.807, 2.05) is 0 Å². The highest BCUT2D eigenvalue weighted by Crippen LogP contribution is 2.20. The van der Waals surface area contributed by atoms with E-state index in [0.717, 1.165) is 0 Å². The van der Waals surface area contributed by atoms with E-state index in [1.54, 1.807) is 33.0 Å². The molecule has 16 N–H and O–H groups in total. The van der Waals surface area contributed by atoms with Crippen LogP contribution in [0, 0.1) is 5.92 Å². The van der Waals surface area contributed by atoms with Gasteiger partial charge in [0.1, 0.15) is 48.0 Å². The van der Waals surface area contributed by atoms with Crippen LogP contribution in [0.2, 0.25) is 0 Å². The van der Waals surface area contributed by atoms with Crippen molar-refractivity contribution in [2.24, 2.45) is 28.1 Å². The molecule has 1 fully saturated rings. The van der Waals surface area contributed by atoms with Crippen LogP contribution in [-0.4, -0.2) is 154 Å². The monoisotopic (exact) mass is 941 g/mol. The molecule has 67 heavy (non-hydrogen) atoms. The van der Waals surface area contributed by atoms with E-state index in [0.29, 0.717) is 36.9 Å². The summed E-state index contributed by atoms with van der Waals surface area (Å²) in [7, 11) is 1.56. The third-order valence-electron chi connectivity index (χ3n) is 10.9. The number of imidazole rings is 1. The number of hydrogen-bond acceptors (Lipinski definition) is 13. The van der Waals surface area contributed by atoms with Crippen LogP contribution in [0.25, 0.3) is 0 Å². The van der Waals surface area contributed by atoms with Gasteiger partial charge in [-0.2, -0.15) is 0 Å². The summed E-state index contributed by atoms with van der Waals surface area (Å²) in [6.45, 7) is 5.19. The minimum Gasteiger partial charge on any atom is -0.508 e. The number of phenols is 1. The number of amides is 7. The molecule has 2 aromatic rings. The molecule has 1 saturated heterocycles. The number of likely N-dealkylation sites (tertiary alicyclic amines) is 1. The van der Waals surface area contributed by atoms with E-state index in [2.05, 4.69) is 52.2 Å². The molecule has 0 radical (unpaired) electrons. The molecule has 7 amide bonds. The zero-order valence-corrected chi connectivity index (χ0v) is 38.5. The number of carboxylic acid groups (broad SMARTS) is 1. The molecule has 0 unspecified atom stereocenters. The second-order valence-electron chi connectivity index (χ2n) is 16.7. The van der Waals surface area contributed by atoms with Crippen molar-refractivity contribution in [1.29, 1.82) is 0 Å². The van der Waals surface area contributed by atoms with Crippen LogP contribution in [0.15, 0.2) is 41.8 Å². The number of nitrogens with two attached hydrogens (primary N) is 3. The molecule has 0 spiro atoms. The number of likely N-dealkylation sites (N-methyl/N-ethyl adjacent to an activating group) is 1. The highest BCUT2D eigenvalue weighted by atomic mass is 16.4. The predicted octanol–water partition coefficient (Wildman–Crippen LogP) is -3.04. The second-order valence-corrected chi connectivity index (χ2v) is 16.7. The largest absolute Gasteiger partial charge is 0.508 e. The van der Waals surface area contributed by atoms with Crippen LogP contribution in [0.5, 0.6) is 5.75 Å². The van der Waals surface area contributed by atoms with Crippen molar-refractivity contribution < 1.29 is 48.6 Å². The second kappa shape index (κ2) is 27.6. The number of unbranched alkanes of at least 4 members (excludes halogenated alkanes) is 1. The average Bonchev–Trinajstić information content (AvgIpc) is 3.99. The lowest BCUT2D eigenvalue weighted by molar-refractivity contribution is -0.144. The molecule has 0 saturated carbocycles.